The van der Waals surface area contributed by atoms with E-state index in [1.807, 2.05) is 61.5 Å². The predicted molar refractivity (Wildman–Crippen MR) is 129 cm³/mol. The number of para-hydroxylation sites is 1. The summed E-state index contributed by atoms with van der Waals surface area (Å²) in [6.45, 7) is 2.65. The number of anilines is 2. The number of ether oxygens (including phenoxy) is 1. The van der Waals surface area contributed by atoms with Crippen LogP contribution in [-0.2, 0) is 14.4 Å². The number of hydrogen-bond donors (Lipinski definition) is 0. The van der Waals surface area contributed by atoms with E-state index in [-0.39, 0.29) is 11.8 Å². The Morgan fingerprint density at radius 2 is 1.67 bits per heavy atom. The summed E-state index contributed by atoms with van der Waals surface area (Å²) in [6.07, 6.45) is 0.0122. The zero-order valence-corrected chi connectivity index (χ0v) is 19.6. The lowest BCUT2D eigenvalue weighted by molar-refractivity contribution is -0.126. The third kappa shape index (κ3) is 3.92. The number of benzene rings is 3. The van der Waals surface area contributed by atoms with E-state index < -0.39 is 18.1 Å². The van der Waals surface area contributed by atoms with E-state index in [0.29, 0.717) is 18.0 Å². The number of carbonyl (C=O) groups is 2. The van der Waals surface area contributed by atoms with Crippen molar-refractivity contribution in [3.63, 3.8) is 0 Å². The van der Waals surface area contributed by atoms with Crippen molar-refractivity contribution < 1.29 is 19.2 Å². The zero-order valence-electron chi connectivity index (χ0n) is 18.1. The number of halogens is 1. The minimum atomic E-state index is -0.891. The molecule has 33 heavy (non-hydrogen) atoms. The summed E-state index contributed by atoms with van der Waals surface area (Å²) in [5.74, 6) is -0.581. The van der Waals surface area contributed by atoms with Gasteiger partial charge < -0.3 is 4.74 Å². The Morgan fingerprint density at radius 3 is 2.36 bits per heavy atom. The van der Waals surface area contributed by atoms with Crippen molar-refractivity contribution in [2.75, 3.05) is 16.6 Å². The molecule has 0 aromatic heterocycles. The summed E-state index contributed by atoms with van der Waals surface area (Å²) in [6, 6.07) is 23.9. The molecular weight excluding hydrogens is 484 g/mol. The average Bonchev–Trinajstić information content (AvgIpc) is 3.35. The van der Waals surface area contributed by atoms with E-state index in [1.165, 1.54) is 4.90 Å². The third-order valence-corrected chi connectivity index (χ3v) is 6.38. The van der Waals surface area contributed by atoms with Crippen LogP contribution in [0.15, 0.2) is 83.3 Å². The fourth-order valence-electron chi connectivity index (χ4n) is 4.41. The maximum Gasteiger partial charge on any atom is 0.266 e. The van der Waals surface area contributed by atoms with Gasteiger partial charge in [0.2, 0.25) is 5.91 Å². The first kappa shape index (κ1) is 21.7. The number of hydroxylamine groups is 1. The van der Waals surface area contributed by atoms with Crippen LogP contribution < -0.4 is 14.7 Å². The highest BCUT2D eigenvalue weighted by molar-refractivity contribution is 9.10. The lowest BCUT2D eigenvalue weighted by Crippen LogP contribution is -2.37. The molecule has 3 atom stereocenters. The van der Waals surface area contributed by atoms with Crippen LogP contribution in [0.25, 0.3) is 0 Å². The van der Waals surface area contributed by atoms with Crippen LogP contribution in [0, 0.1) is 5.92 Å². The largest absolute Gasteiger partial charge is 0.494 e. The molecule has 2 heterocycles. The molecule has 2 aliphatic rings. The molecule has 3 aromatic rings. The molecule has 0 bridgehead atoms. The van der Waals surface area contributed by atoms with Crippen LogP contribution in [0.3, 0.4) is 0 Å². The van der Waals surface area contributed by atoms with Crippen LogP contribution in [0.5, 0.6) is 5.75 Å². The summed E-state index contributed by atoms with van der Waals surface area (Å²) in [5, 5.41) is 1.70. The molecule has 2 amide bonds. The summed E-state index contributed by atoms with van der Waals surface area (Å²) < 4.78 is 6.52. The fourth-order valence-corrected chi connectivity index (χ4v) is 4.83. The summed E-state index contributed by atoms with van der Waals surface area (Å²) >= 11 is 3.52. The number of hydrogen-bond acceptors (Lipinski definition) is 5. The molecule has 0 radical (unpaired) electrons. The van der Waals surface area contributed by atoms with E-state index in [2.05, 4.69) is 15.9 Å². The molecule has 7 heteroatoms. The lowest BCUT2D eigenvalue weighted by atomic mass is 9.90. The highest BCUT2D eigenvalue weighted by Crippen LogP contribution is 2.47. The fraction of sp³-hybridized carbons (Fsp3) is 0.231. The number of carbonyl (C=O) groups excluding carboxylic acids is 2. The lowest BCUT2D eigenvalue weighted by Gasteiger charge is -2.29. The normalized spacial score (nSPS) is 22.1. The molecule has 0 aliphatic carbocycles. The summed E-state index contributed by atoms with van der Waals surface area (Å²) in [5.41, 5.74) is 2.21. The second-order valence-electron chi connectivity index (χ2n) is 8.07. The second kappa shape index (κ2) is 9.00. The van der Waals surface area contributed by atoms with E-state index in [0.717, 1.165) is 22.1 Å². The number of nitrogens with zero attached hydrogens (tertiary/aromatic N) is 2. The highest BCUT2D eigenvalue weighted by Gasteiger charge is 2.60. The van der Waals surface area contributed by atoms with E-state index in [4.69, 9.17) is 9.57 Å². The minimum absolute atomic E-state index is 0.268. The topological polar surface area (TPSA) is 59.1 Å². The molecule has 0 unspecified atom stereocenters. The molecule has 6 nitrogen and oxygen atoms in total. The van der Waals surface area contributed by atoms with Crippen molar-refractivity contribution in [2.24, 2.45) is 5.92 Å². The van der Waals surface area contributed by atoms with Gasteiger partial charge in [-0.1, -0.05) is 53.2 Å². The average molecular weight is 507 g/mol. The quantitative estimate of drug-likeness (QED) is 0.425. The van der Waals surface area contributed by atoms with Crippen molar-refractivity contribution in [1.82, 2.24) is 0 Å². The number of fused-ring (bicyclic) bond motifs is 1. The SMILES string of the molecule is CCCOc1ccc(N2C(=O)[C@H]3[C@H](ON(c4ccccc4)[C@@H]3c3cccc(Br)c3)C2=O)cc1. The van der Waals surface area contributed by atoms with Crippen molar-refractivity contribution >= 4 is 39.1 Å². The Kier molecular flexibility index (Phi) is 5.91. The molecule has 2 saturated heterocycles. The Hall–Kier alpha value is -3.16. The van der Waals surface area contributed by atoms with Crippen LogP contribution >= 0.6 is 15.9 Å². The van der Waals surface area contributed by atoms with Gasteiger partial charge in [0.1, 0.15) is 11.7 Å². The monoisotopic (exact) mass is 506 g/mol. The molecule has 0 saturated carbocycles. The van der Waals surface area contributed by atoms with Crippen LogP contribution in [0.4, 0.5) is 11.4 Å². The molecule has 0 N–H and O–H groups in total. The molecule has 2 fully saturated rings. The third-order valence-electron chi connectivity index (χ3n) is 5.88. The van der Waals surface area contributed by atoms with E-state index >= 15 is 0 Å². The smallest absolute Gasteiger partial charge is 0.266 e. The van der Waals surface area contributed by atoms with Gasteiger partial charge in [-0.05, 0) is 60.5 Å². The van der Waals surface area contributed by atoms with Gasteiger partial charge in [0.25, 0.3) is 5.91 Å². The zero-order chi connectivity index (χ0) is 22.9. The highest BCUT2D eigenvalue weighted by atomic mass is 79.9. The van der Waals surface area contributed by atoms with Gasteiger partial charge in [-0.3, -0.25) is 14.4 Å². The molecule has 3 aromatic carbocycles. The first-order valence-electron chi connectivity index (χ1n) is 11.0. The Bertz CT molecular complexity index is 1170. The van der Waals surface area contributed by atoms with Gasteiger partial charge in [0, 0.05) is 4.47 Å². The molecular formula is C26H23BrN2O4. The minimum Gasteiger partial charge on any atom is -0.494 e. The van der Waals surface area contributed by atoms with Gasteiger partial charge in [-0.2, -0.15) is 0 Å². The van der Waals surface area contributed by atoms with Crippen LogP contribution in [0.2, 0.25) is 0 Å². The number of amides is 2. The van der Waals surface area contributed by atoms with Crippen LogP contribution in [-0.4, -0.2) is 24.5 Å². The van der Waals surface area contributed by atoms with Gasteiger partial charge in [-0.15, -0.1) is 0 Å². The van der Waals surface area contributed by atoms with E-state index in [1.54, 1.807) is 29.3 Å². The standard InChI is InChI=1S/C26H23BrN2O4/c1-2-15-32-21-13-11-19(12-14-21)28-25(30)22-23(17-7-6-8-18(27)16-17)29(33-24(22)26(28)31)20-9-4-3-5-10-20/h3-14,16,22-24H,2,15H2,1H3/t22-,23-,24+/m1/s1. The Balaban J connectivity index is 1.50. The van der Waals surface area contributed by atoms with Crippen LogP contribution in [0.1, 0.15) is 24.9 Å². The maximum atomic E-state index is 13.7. The van der Waals surface area contributed by atoms with E-state index in [9.17, 15) is 9.59 Å². The molecule has 5 rings (SSSR count). The molecule has 0 spiro atoms. The van der Waals surface area contributed by atoms with Crippen molar-refractivity contribution in [2.45, 2.75) is 25.5 Å². The van der Waals surface area contributed by atoms with Gasteiger partial charge in [-0.25, -0.2) is 9.96 Å². The number of imide groups is 1. The molecule has 168 valence electrons. The Morgan fingerprint density at radius 1 is 0.909 bits per heavy atom. The van der Waals surface area contributed by atoms with Gasteiger partial charge in [0.05, 0.1) is 24.0 Å². The first-order valence-corrected chi connectivity index (χ1v) is 11.7. The Labute approximate surface area is 200 Å². The molecule has 2 aliphatic heterocycles. The first-order chi connectivity index (χ1) is 16.1. The van der Waals surface area contributed by atoms with Crippen molar-refractivity contribution in [3.05, 3.63) is 88.9 Å². The summed E-state index contributed by atoms with van der Waals surface area (Å²) in [4.78, 5) is 34.5. The maximum absolute atomic E-state index is 13.7. The second-order valence-corrected chi connectivity index (χ2v) is 8.98. The summed E-state index contributed by atoms with van der Waals surface area (Å²) in [7, 11) is 0. The van der Waals surface area contributed by atoms with Gasteiger partial charge in [0.15, 0.2) is 6.10 Å². The predicted octanol–water partition coefficient (Wildman–Crippen LogP) is 5.29. The number of rotatable bonds is 6. The van der Waals surface area contributed by atoms with Gasteiger partial charge >= 0.3 is 0 Å². The van der Waals surface area contributed by atoms with Crippen molar-refractivity contribution in [3.8, 4) is 5.75 Å². The van der Waals surface area contributed by atoms with Crippen molar-refractivity contribution in [1.29, 1.82) is 0 Å².